The van der Waals surface area contributed by atoms with Crippen molar-refractivity contribution in [1.29, 1.82) is 0 Å². The van der Waals surface area contributed by atoms with Gasteiger partial charge < -0.3 is 15.4 Å². The summed E-state index contributed by atoms with van der Waals surface area (Å²) in [6, 6.07) is 8.19. The highest BCUT2D eigenvalue weighted by Crippen LogP contribution is 2.38. The molecule has 1 unspecified atom stereocenters. The molecule has 3 N–H and O–H groups in total. The zero-order chi connectivity index (χ0) is 20.9. The summed E-state index contributed by atoms with van der Waals surface area (Å²) in [5.41, 5.74) is 8.13. The molecule has 0 amide bonds. The van der Waals surface area contributed by atoms with Crippen molar-refractivity contribution in [3.8, 4) is 5.69 Å². The van der Waals surface area contributed by atoms with Crippen LogP contribution in [-0.4, -0.2) is 26.1 Å². The van der Waals surface area contributed by atoms with E-state index in [1.807, 2.05) is 6.92 Å². The lowest BCUT2D eigenvalue weighted by Crippen LogP contribution is -2.37. The van der Waals surface area contributed by atoms with E-state index in [4.69, 9.17) is 5.73 Å². The zero-order valence-corrected chi connectivity index (χ0v) is 15.8. The lowest BCUT2D eigenvalue weighted by atomic mass is 9.91. The number of nitrogens with zero attached hydrogens (tertiary/aromatic N) is 2. The van der Waals surface area contributed by atoms with Crippen LogP contribution in [0.3, 0.4) is 0 Å². The number of rotatable bonds is 3. The summed E-state index contributed by atoms with van der Waals surface area (Å²) in [6.45, 7) is 1.95. The van der Waals surface area contributed by atoms with Gasteiger partial charge in [-0.1, -0.05) is 0 Å². The molecule has 2 aromatic carbocycles. The number of carboxylic acid groups (broad SMARTS) is 1. The van der Waals surface area contributed by atoms with E-state index in [1.165, 1.54) is 24.3 Å². The van der Waals surface area contributed by atoms with Gasteiger partial charge in [-0.2, -0.15) is 0 Å². The molecule has 0 saturated heterocycles. The molecule has 7 nitrogen and oxygen atoms in total. The van der Waals surface area contributed by atoms with Gasteiger partial charge in [-0.3, -0.25) is 10.1 Å². The van der Waals surface area contributed by atoms with E-state index in [0.29, 0.717) is 23.7 Å². The molecule has 1 aliphatic carbocycles. The molecule has 3 aromatic rings. The number of fused-ring (bicyclic) bond motifs is 3. The van der Waals surface area contributed by atoms with Crippen LogP contribution in [0.4, 0.5) is 10.1 Å². The highest BCUT2D eigenvalue weighted by atomic mass is 19.1. The first-order valence-electron chi connectivity index (χ1n) is 9.31. The van der Waals surface area contributed by atoms with E-state index in [2.05, 4.69) is 0 Å². The highest BCUT2D eigenvalue weighted by Gasteiger charge is 2.31. The van der Waals surface area contributed by atoms with Gasteiger partial charge in [0.05, 0.1) is 16.0 Å². The second-order valence-electron chi connectivity index (χ2n) is 7.87. The Morgan fingerprint density at radius 1 is 1.31 bits per heavy atom. The third-order valence-electron chi connectivity index (χ3n) is 5.54. The maximum atomic E-state index is 14.0. The summed E-state index contributed by atoms with van der Waals surface area (Å²) >= 11 is 0. The molecule has 150 valence electrons. The van der Waals surface area contributed by atoms with Crippen molar-refractivity contribution in [2.24, 2.45) is 5.73 Å². The fourth-order valence-corrected chi connectivity index (χ4v) is 4.26. The number of aromatic carboxylic acids is 1. The molecule has 0 bridgehead atoms. The van der Waals surface area contributed by atoms with Crippen molar-refractivity contribution in [3.63, 3.8) is 0 Å². The van der Waals surface area contributed by atoms with Crippen LogP contribution in [-0.2, 0) is 12.8 Å². The van der Waals surface area contributed by atoms with E-state index in [-0.39, 0.29) is 16.9 Å². The Balaban J connectivity index is 2.07. The normalized spacial score (nSPS) is 19.0. The Hall–Kier alpha value is -3.26. The maximum Gasteiger partial charge on any atom is 0.335 e. The molecule has 0 saturated carbocycles. The smallest absolute Gasteiger partial charge is 0.335 e. The number of nitro groups is 1. The Morgan fingerprint density at radius 2 is 2.07 bits per heavy atom. The summed E-state index contributed by atoms with van der Waals surface area (Å²) < 4.78 is 15.8. The maximum absolute atomic E-state index is 14.0. The number of carboxylic acids is 1. The second kappa shape index (κ2) is 6.66. The van der Waals surface area contributed by atoms with E-state index in [9.17, 15) is 24.4 Å². The van der Waals surface area contributed by atoms with Crippen molar-refractivity contribution in [3.05, 3.63) is 69.2 Å². The van der Waals surface area contributed by atoms with Crippen molar-refractivity contribution >= 4 is 22.6 Å². The number of halogens is 1. The molecule has 1 atom stereocenters. The first-order valence-corrected chi connectivity index (χ1v) is 9.31. The zero-order valence-electron chi connectivity index (χ0n) is 15.8. The topological polar surface area (TPSA) is 111 Å². The Kier molecular flexibility index (Phi) is 4.38. The predicted octanol–water partition coefficient (Wildman–Crippen LogP) is 3.97. The lowest BCUT2D eigenvalue weighted by Gasteiger charge is -2.22. The molecule has 8 heteroatoms. The second-order valence-corrected chi connectivity index (χ2v) is 7.87. The van der Waals surface area contributed by atoms with Crippen molar-refractivity contribution in [2.45, 2.75) is 38.1 Å². The van der Waals surface area contributed by atoms with Crippen molar-refractivity contribution in [1.82, 2.24) is 4.57 Å². The number of hydrogen-bond acceptors (Lipinski definition) is 4. The molecule has 29 heavy (non-hydrogen) atoms. The summed E-state index contributed by atoms with van der Waals surface area (Å²) in [5, 5.41) is 21.6. The standard InChI is InChI=1S/C21H20FN3O4/c1-21(23)8-2-3-16-15(11-21)14-10-13(22)5-7-17(14)24(16)18-6-4-12(20(26)27)9-19(18)25(28)29/h4-7,9-10H,2-3,8,11,23H2,1H3,(H,26,27). The molecule has 0 spiro atoms. The van der Waals surface area contributed by atoms with Crippen LogP contribution in [0.25, 0.3) is 16.6 Å². The van der Waals surface area contributed by atoms with Crippen LogP contribution in [0.1, 0.15) is 41.4 Å². The van der Waals surface area contributed by atoms with Crippen LogP contribution >= 0.6 is 0 Å². The third kappa shape index (κ3) is 3.25. The third-order valence-corrected chi connectivity index (χ3v) is 5.54. The molecule has 1 aliphatic rings. The monoisotopic (exact) mass is 397 g/mol. The Bertz CT molecular complexity index is 1170. The van der Waals surface area contributed by atoms with E-state index in [0.717, 1.165) is 30.2 Å². The summed E-state index contributed by atoms with van der Waals surface area (Å²) in [7, 11) is 0. The molecule has 0 fully saturated rings. The summed E-state index contributed by atoms with van der Waals surface area (Å²) in [5.74, 6) is -1.63. The predicted molar refractivity (Wildman–Crippen MR) is 106 cm³/mol. The average Bonchev–Trinajstić information content (AvgIpc) is 2.82. The van der Waals surface area contributed by atoms with Crippen LogP contribution < -0.4 is 5.73 Å². The van der Waals surface area contributed by atoms with Crippen LogP contribution in [0.5, 0.6) is 0 Å². The van der Waals surface area contributed by atoms with Gasteiger partial charge in [-0.05, 0) is 68.5 Å². The van der Waals surface area contributed by atoms with Gasteiger partial charge in [0.2, 0.25) is 0 Å². The first kappa shape index (κ1) is 19.1. The minimum absolute atomic E-state index is 0.163. The quantitative estimate of drug-likeness (QED) is 0.395. The highest BCUT2D eigenvalue weighted by molar-refractivity contribution is 5.91. The van der Waals surface area contributed by atoms with Gasteiger partial charge >= 0.3 is 5.97 Å². The number of nitrogens with two attached hydrogens (primary N) is 1. The molecule has 4 rings (SSSR count). The van der Waals surface area contributed by atoms with Gasteiger partial charge in [0.1, 0.15) is 11.5 Å². The number of benzene rings is 2. The minimum atomic E-state index is -1.24. The fourth-order valence-electron chi connectivity index (χ4n) is 4.26. The Labute approximate surface area is 165 Å². The molecule has 0 radical (unpaired) electrons. The molecule has 1 heterocycles. The van der Waals surface area contributed by atoms with Crippen molar-refractivity contribution < 1.29 is 19.2 Å². The summed E-state index contributed by atoms with van der Waals surface area (Å²) in [6.07, 6.45) is 2.73. The van der Waals surface area contributed by atoms with Crippen LogP contribution in [0.2, 0.25) is 0 Å². The SMILES string of the molecule is CC1(N)CCCc2c(c3cc(F)ccc3n2-c2ccc(C(=O)O)cc2[N+](=O)[O-])C1. The van der Waals surface area contributed by atoms with E-state index >= 15 is 0 Å². The minimum Gasteiger partial charge on any atom is -0.478 e. The van der Waals surface area contributed by atoms with Crippen molar-refractivity contribution in [2.75, 3.05) is 0 Å². The number of hydrogen-bond donors (Lipinski definition) is 2. The van der Waals surface area contributed by atoms with Gasteiger partial charge in [0.25, 0.3) is 5.69 Å². The number of nitro benzene ring substituents is 1. The largest absolute Gasteiger partial charge is 0.478 e. The van der Waals surface area contributed by atoms with Gasteiger partial charge in [0, 0.05) is 22.7 Å². The van der Waals surface area contributed by atoms with Crippen LogP contribution in [0.15, 0.2) is 36.4 Å². The molecular weight excluding hydrogens is 377 g/mol. The molecule has 1 aromatic heterocycles. The number of carbonyl (C=O) groups is 1. The van der Waals surface area contributed by atoms with E-state index in [1.54, 1.807) is 10.6 Å². The number of aromatic nitrogens is 1. The molecule has 0 aliphatic heterocycles. The Morgan fingerprint density at radius 3 is 2.76 bits per heavy atom. The van der Waals surface area contributed by atoms with Gasteiger partial charge in [0.15, 0.2) is 0 Å². The first-order chi connectivity index (χ1) is 13.7. The van der Waals surface area contributed by atoms with E-state index < -0.39 is 22.2 Å². The lowest BCUT2D eigenvalue weighted by molar-refractivity contribution is -0.384. The average molecular weight is 397 g/mol. The van der Waals surface area contributed by atoms with Gasteiger partial charge in [-0.15, -0.1) is 0 Å². The fraction of sp³-hybridized carbons (Fsp3) is 0.286. The van der Waals surface area contributed by atoms with Crippen LogP contribution in [0, 0.1) is 15.9 Å². The molecular formula is C21H20FN3O4. The summed E-state index contributed by atoms with van der Waals surface area (Å²) in [4.78, 5) is 22.4. The van der Waals surface area contributed by atoms with Gasteiger partial charge in [-0.25, -0.2) is 9.18 Å².